The molecule has 9 heteroatoms. The average Bonchev–Trinajstić information content (AvgIpc) is 3.45. The molecule has 1 aromatic carbocycles. The number of carbonyl (C=O) groups excluding carboxylic acids is 4. The number of Topliss-reactive ketones (excluding diaryl/α,β-unsaturated/α-hetero) is 1. The number of nitrogens with one attached hydrogen (secondary N) is 1. The number of aryl methyl sites for hydroxylation is 1. The fourth-order valence-electron chi connectivity index (χ4n) is 4.76. The van der Waals surface area contributed by atoms with Crippen LogP contribution in [-0.4, -0.2) is 57.1 Å². The highest BCUT2D eigenvalue weighted by Crippen LogP contribution is 2.29. The lowest BCUT2D eigenvalue weighted by atomic mass is 9.87. The second-order valence-corrected chi connectivity index (χ2v) is 11.2. The third-order valence-corrected chi connectivity index (χ3v) is 7.91. The number of aliphatic hydroxyl groups is 1. The minimum Gasteiger partial charge on any atom is -0.391 e. The van der Waals surface area contributed by atoms with Crippen molar-refractivity contribution in [2.24, 2.45) is 11.8 Å². The number of hydrogen-bond donors (Lipinski definition) is 2. The van der Waals surface area contributed by atoms with Gasteiger partial charge < -0.3 is 15.3 Å². The highest BCUT2D eigenvalue weighted by atomic mass is 32.1. The van der Waals surface area contributed by atoms with Crippen molar-refractivity contribution in [3.05, 3.63) is 52.7 Å². The fraction of sp³-hybridized carbons (Fsp3) is 0.483. The minimum absolute atomic E-state index is 0.0192. The molecular formula is C29H37N3O5S. The first-order valence-corrected chi connectivity index (χ1v) is 13.8. The predicted octanol–water partition coefficient (Wildman–Crippen LogP) is 3.85. The Kier molecular flexibility index (Phi) is 10.1. The average molecular weight is 540 g/mol. The van der Waals surface area contributed by atoms with Crippen LogP contribution < -0.4 is 5.32 Å². The van der Waals surface area contributed by atoms with E-state index in [0.29, 0.717) is 18.5 Å². The first-order chi connectivity index (χ1) is 18.0. The van der Waals surface area contributed by atoms with Crippen LogP contribution in [0.25, 0.3) is 10.4 Å². The highest BCUT2D eigenvalue weighted by Gasteiger charge is 2.39. The second-order valence-electron chi connectivity index (χ2n) is 10.4. The van der Waals surface area contributed by atoms with Crippen molar-refractivity contribution >= 4 is 34.7 Å². The molecule has 2 heterocycles. The number of rotatable bonds is 11. The topological polar surface area (TPSA) is 117 Å². The lowest BCUT2D eigenvalue weighted by molar-refractivity contribution is -0.140. The number of likely N-dealkylation sites (tertiary alicyclic amines) is 1. The van der Waals surface area contributed by atoms with E-state index in [4.69, 9.17) is 0 Å². The Balaban J connectivity index is 1.60. The van der Waals surface area contributed by atoms with Gasteiger partial charge in [-0.05, 0) is 55.9 Å². The summed E-state index contributed by atoms with van der Waals surface area (Å²) in [6.07, 6.45) is 0.925. The van der Waals surface area contributed by atoms with Crippen molar-refractivity contribution in [1.29, 1.82) is 0 Å². The van der Waals surface area contributed by atoms with Crippen molar-refractivity contribution in [1.82, 2.24) is 15.2 Å². The van der Waals surface area contributed by atoms with E-state index in [0.717, 1.165) is 21.7 Å². The molecule has 1 aliphatic heterocycles. The van der Waals surface area contributed by atoms with E-state index in [1.54, 1.807) is 23.2 Å². The molecule has 3 atom stereocenters. The standard InChI is InChI=1S/C29H37N3O5S/c1-17(2)25(13-26(35)18(3)10-19(4)33)29(37)32-15-24(34)11-23(32)12-27(36)30-14-21-6-8-22(9-7-21)28-20(5)31-16-38-28/h6-10,16-17,23-25,34H,11-15H2,1-5H3,(H,30,36)/b18-10-/t23-,24+,25-/m0/s1. The quantitative estimate of drug-likeness (QED) is 0.419. The van der Waals surface area contributed by atoms with Gasteiger partial charge in [0.05, 0.1) is 22.2 Å². The zero-order valence-electron chi connectivity index (χ0n) is 22.7. The molecule has 0 bridgehead atoms. The Morgan fingerprint density at radius 2 is 1.87 bits per heavy atom. The third kappa shape index (κ3) is 7.68. The Morgan fingerprint density at radius 1 is 1.18 bits per heavy atom. The number of allylic oxidation sites excluding steroid dienone is 2. The van der Waals surface area contributed by atoms with Crippen molar-refractivity contribution < 1.29 is 24.3 Å². The van der Waals surface area contributed by atoms with Crippen LogP contribution in [0.3, 0.4) is 0 Å². The number of carbonyl (C=O) groups is 4. The number of hydrogen-bond acceptors (Lipinski definition) is 7. The molecule has 1 fully saturated rings. The zero-order valence-corrected chi connectivity index (χ0v) is 23.5. The van der Waals surface area contributed by atoms with Crippen LogP contribution in [0.1, 0.15) is 58.2 Å². The molecule has 1 aliphatic rings. The molecule has 1 aromatic heterocycles. The van der Waals surface area contributed by atoms with Crippen molar-refractivity contribution in [3.8, 4) is 10.4 Å². The van der Waals surface area contributed by atoms with Crippen LogP contribution in [0.4, 0.5) is 0 Å². The highest BCUT2D eigenvalue weighted by molar-refractivity contribution is 7.13. The van der Waals surface area contributed by atoms with Crippen molar-refractivity contribution in [3.63, 3.8) is 0 Å². The molecule has 1 saturated heterocycles. The number of β-amino-alcohol motifs (C(OH)–C–C–N with tert-alkyl or cyclic N) is 1. The van der Waals surface area contributed by atoms with Gasteiger partial charge in [0.1, 0.15) is 0 Å². The molecule has 38 heavy (non-hydrogen) atoms. The summed E-state index contributed by atoms with van der Waals surface area (Å²) in [7, 11) is 0. The van der Waals surface area contributed by atoms with E-state index in [2.05, 4.69) is 10.3 Å². The molecule has 204 valence electrons. The molecule has 0 unspecified atom stereocenters. The lowest BCUT2D eigenvalue weighted by Crippen LogP contribution is -2.44. The number of benzene rings is 1. The summed E-state index contributed by atoms with van der Waals surface area (Å²) in [5.74, 6) is -1.65. The van der Waals surface area contributed by atoms with E-state index in [-0.39, 0.29) is 48.7 Å². The monoisotopic (exact) mass is 539 g/mol. The van der Waals surface area contributed by atoms with E-state index in [9.17, 15) is 24.3 Å². The van der Waals surface area contributed by atoms with Crippen LogP contribution in [0.5, 0.6) is 0 Å². The van der Waals surface area contributed by atoms with Crippen LogP contribution >= 0.6 is 11.3 Å². The number of nitrogens with zero attached hydrogens (tertiary/aromatic N) is 2. The number of aromatic nitrogens is 1. The summed E-state index contributed by atoms with van der Waals surface area (Å²) in [6, 6.07) is 7.51. The summed E-state index contributed by atoms with van der Waals surface area (Å²) in [5.41, 5.74) is 5.17. The zero-order chi connectivity index (χ0) is 28.0. The SMILES string of the molecule is CC(=O)/C=C(/C)C(=O)C[C@H](C(=O)N1C[C@H](O)C[C@H]1CC(=O)NCc1ccc(-c2scnc2C)cc1)C(C)C. The first-order valence-electron chi connectivity index (χ1n) is 12.9. The van der Waals surface area contributed by atoms with Crippen molar-refractivity contribution in [2.45, 2.75) is 72.6 Å². The minimum atomic E-state index is -0.720. The third-order valence-electron chi connectivity index (χ3n) is 6.93. The molecule has 0 spiro atoms. The van der Waals surface area contributed by atoms with Gasteiger partial charge in [0.2, 0.25) is 11.8 Å². The molecule has 0 saturated carbocycles. The normalized spacial score (nSPS) is 18.5. The molecule has 3 rings (SSSR count). The summed E-state index contributed by atoms with van der Waals surface area (Å²) in [5, 5.41) is 13.2. The molecule has 0 radical (unpaired) electrons. The smallest absolute Gasteiger partial charge is 0.226 e. The fourth-order valence-corrected chi connectivity index (χ4v) is 5.57. The van der Waals surface area contributed by atoms with Gasteiger partial charge in [0.25, 0.3) is 0 Å². The van der Waals surface area contributed by atoms with Crippen LogP contribution in [0.15, 0.2) is 41.4 Å². The maximum atomic E-state index is 13.5. The van der Waals surface area contributed by atoms with Gasteiger partial charge in [0, 0.05) is 37.9 Å². The van der Waals surface area contributed by atoms with Gasteiger partial charge in [0.15, 0.2) is 11.6 Å². The van der Waals surface area contributed by atoms with E-state index < -0.39 is 18.1 Å². The van der Waals surface area contributed by atoms with E-state index >= 15 is 0 Å². The van der Waals surface area contributed by atoms with Crippen molar-refractivity contribution in [2.75, 3.05) is 6.54 Å². The van der Waals surface area contributed by atoms with E-state index in [1.165, 1.54) is 13.0 Å². The Labute approximate surface area is 228 Å². The summed E-state index contributed by atoms with van der Waals surface area (Å²) in [6.45, 7) is 9.16. The number of amides is 2. The molecule has 0 aliphatic carbocycles. The van der Waals surface area contributed by atoms with Gasteiger partial charge in [-0.2, -0.15) is 0 Å². The summed E-state index contributed by atoms with van der Waals surface area (Å²) in [4.78, 5) is 57.2. The maximum Gasteiger partial charge on any atom is 0.226 e. The Morgan fingerprint density at radius 3 is 2.45 bits per heavy atom. The number of aliphatic hydroxyl groups excluding tert-OH is 1. The first kappa shape index (κ1) is 29.4. The van der Waals surface area contributed by atoms with E-state index in [1.807, 2.05) is 50.5 Å². The Bertz CT molecular complexity index is 1200. The van der Waals surface area contributed by atoms with Gasteiger partial charge in [-0.15, -0.1) is 11.3 Å². The van der Waals surface area contributed by atoms with Gasteiger partial charge in [-0.3, -0.25) is 19.2 Å². The molecule has 2 amide bonds. The number of ketones is 2. The molecule has 8 nitrogen and oxygen atoms in total. The maximum absolute atomic E-state index is 13.5. The number of thiazole rings is 1. The van der Waals surface area contributed by atoms with Gasteiger partial charge >= 0.3 is 0 Å². The predicted molar refractivity (Wildman–Crippen MR) is 147 cm³/mol. The second kappa shape index (κ2) is 13.1. The van der Waals surface area contributed by atoms with Gasteiger partial charge in [-0.1, -0.05) is 38.1 Å². The van der Waals surface area contributed by atoms with Crippen LogP contribution in [-0.2, 0) is 25.7 Å². The summed E-state index contributed by atoms with van der Waals surface area (Å²) < 4.78 is 0. The van der Waals surface area contributed by atoms with Crippen LogP contribution in [0, 0.1) is 18.8 Å². The Hall–Kier alpha value is -3.17. The molecule has 2 N–H and O–H groups in total. The van der Waals surface area contributed by atoms with Crippen LogP contribution in [0.2, 0.25) is 0 Å². The summed E-state index contributed by atoms with van der Waals surface area (Å²) >= 11 is 1.59. The largest absolute Gasteiger partial charge is 0.391 e. The van der Waals surface area contributed by atoms with Gasteiger partial charge in [-0.25, -0.2) is 4.98 Å². The molecule has 2 aromatic rings. The lowest BCUT2D eigenvalue weighted by Gasteiger charge is -2.30. The molecular weight excluding hydrogens is 502 g/mol.